The second kappa shape index (κ2) is 5.83. The summed E-state index contributed by atoms with van der Waals surface area (Å²) in [4.78, 5) is 13.7. The Bertz CT molecular complexity index is 766. The lowest BCUT2D eigenvalue weighted by atomic mass is 9.84. The fourth-order valence-electron chi connectivity index (χ4n) is 3.69. The highest BCUT2D eigenvalue weighted by Gasteiger charge is 2.42. The number of allylic oxidation sites excluding steroid dienone is 2. The molecule has 0 saturated heterocycles. The van der Waals surface area contributed by atoms with Gasteiger partial charge in [0.1, 0.15) is 11.8 Å². The molecule has 132 valence electrons. The van der Waals surface area contributed by atoms with E-state index in [0.29, 0.717) is 19.1 Å². The van der Waals surface area contributed by atoms with E-state index in [1.807, 2.05) is 30.4 Å². The van der Waals surface area contributed by atoms with Crippen LogP contribution < -0.4 is 15.4 Å². The van der Waals surface area contributed by atoms with Gasteiger partial charge in [0.05, 0.1) is 6.61 Å². The molecular weight excluding hydrogens is 316 g/mol. The van der Waals surface area contributed by atoms with Crippen molar-refractivity contribution >= 4 is 11.7 Å². The average Bonchev–Trinajstić information content (AvgIpc) is 3.35. The number of fused-ring (bicyclic) bond motifs is 1. The van der Waals surface area contributed by atoms with Crippen molar-refractivity contribution in [2.24, 2.45) is 11.1 Å². The summed E-state index contributed by atoms with van der Waals surface area (Å²) in [6.07, 6.45) is 9.64. The van der Waals surface area contributed by atoms with Crippen molar-refractivity contribution in [1.29, 1.82) is 0 Å². The van der Waals surface area contributed by atoms with Gasteiger partial charge in [0.15, 0.2) is 0 Å². The monoisotopic (exact) mass is 340 g/mol. The van der Waals surface area contributed by atoms with Crippen molar-refractivity contribution in [2.45, 2.75) is 44.7 Å². The topological polar surface area (TPSA) is 75.8 Å². The highest BCUT2D eigenvalue weighted by atomic mass is 16.5. The molecule has 1 aromatic carbocycles. The van der Waals surface area contributed by atoms with Gasteiger partial charge < -0.3 is 20.5 Å². The quantitative estimate of drug-likeness (QED) is 0.862. The number of ether oxygens (including phenoxy) is 1. The summed E-state index contributed by atoms with van der Waals surface area (Å²) in [6, 6.07) is 5.93. The fraction of sp³-hybridized carbons (Fsp3) is 0.450. The number of hydrogen-bond donors (Lipinski definition) is 2. The summed E-state index contributed by atoms with van der Waals surface area (Å²) in [5, 5.41) is 9.53. The minimum absolute atomic E-state index is 0.0640. The van der Waals surface area contributed by atoms with E-state index in [4.69, 9.17) is 10.5 Å². The number of nitrogens with two attached hydrogens (primary N) is 1. The van der Waals surface area contributed by atoms with Gasteiger partial charge in [-0.1, -0.05) is 19.1 Å². The van der Waals surface area contributed by atoms with E-state index in [0.717, 1.165) is 42.0 Å². The van der Waals surface area contributed by atoms with E-state index in [9.17, 15) is 9.90 Å². The zero-order chi connectivity index (χ0) is 17.6. The summed E-state index contributed by atoms with van der Waals surface area (Å²) in [7, 11) is 0. The molecule has 1 saturated carbocycles. The standard InChI is InChI=1S/C20H24N2O3/c1-20(8-6-14(21)7-9-20)12-25-16-4-5-17-13(10-16)11-18(19(23)24)22(17)15-2-3-15/h4-8,10,15,18H,2-3,9,11-12,21H2,1H3,(H,23,24). The number of anilines is 1. The summed E-state index contributed by atoms with van der Waals surface area (Å²) < 4.78 is 6.03. The Morgan fingerprint density at radius 2 is 2.24 bits per heavy atom. The van der Waals surface area contributed by atoms with Crippen LogP contribution in [-0.2, 0) is 11.2 Å². The molecule has 1 aliphatic heterocycles. The molecule has 0 amide bonds. The van der Waals surface area contributed by atoms with Gasteiger partial charge in [-0.3, -0.25) is 0 Å². The van der Waals surface area contributed by atoms with Crippen molar-refractivity contribution in [3.63, 3.8) is 0 Å². The first-order valence-electron chi connectivity index (χ1n) is 8.87. The van der Waals surface area contributed by atoms with Crippen molar-refractivity contribution in [3.8, 4) is 5.75 Å². The molecule has 2 aliphatic carbocycles. The largest absolute Gasteiger partial charge is 0.493 e. The number of rotatable bonds is 5. The summed E-state index contributed by atoms with van der Waals surface area (Å²) in [5.74, 6) is 0.0625. The maximum Gasteiger partial charge on any atom is 0.326 e. The van der Waals surface area contributed by atoms with Crippen LogP contribution in [0, 0.1) is 5.41 Å². The highest BCUT2D eigenvalue weighted by Crippen LogP contribution is 2.42. The van der Waals surface area contributed by atoms with Crippen molar-refractivity contribution in [2.75, 3.05) is 11.5 Å². The first kappa shape index (κ1) is 16.1. The van der Waals surface area contributed by atoms with Gasteiger partial charge in [-0.05, 0) is 49.1 Å². The van der Waals surface area contributed by atoms with Gasteiger partial charge >= 0.3 is 5.97 Å². The van der Waals surface area contributed by atoms with Gasteiger partial charge in [0.2, 0.25) is 0 Å². The van der Waals surface area contributed by atoms with Crippen molar-refractivity contribution < 1.29 is 14.6 Å². The van der Waals surface area contributed by atoms with Crippen molar-refractivity contribution in [3.05, 3.63) is 47.7 Å². The Hall–Kier alpha value is -2.43. The van der Waals surface area contributed by atoms with Gasteiger partial charge in [-0.25, -0.2) is 4.79 Å². The summed E-state index contributed by atoms with van der Waals surface area (Å²) in [5.41, 5.74) is 8.65. The molecule has 25 heavy (non-hydrogen) atoms. The third-order valence-corrected chi connectivity index (χ3v) is 5.35. The zero-order valence-corrected chi connectivity index (χ0v) is 14.4. The first-order valence-corrected chi connectivity index (χ1v) is 8.87. The Morgan fingerprint density at radius 3 is 2.88 bits per heavy atom. The zero-order valence-electron chi connectivity index (χ0n) is 14.4. The van der Waals surface area contributed by atoms with E-state index in [1.54, 1.807) is 0 Å². The molecule has 4 rings (SSSR count). The third kappa shape index (κ3) is 3.11. The molecule has 1 fully saturated rings. The molecule has 5 heteroatoms. The van der Waals surface area contributed by atoms with Crippen LogP contribution in [0.2, 0.25) is 0 Å². The fourth-order valence-corrected chi connectivity index (χ4v) is 3.69. The van der Waals surface area contributed by atoms with Crippen LogP contribution in [0.15, 0.2) is 42.1 Å². The molecule has 3 N–H and O–H groups in total. The minimum atomic E-state index is -0.741. The highest BCUT2D eigenvalue weighted by molar-refractivity contribution is 5.83. The lowest BCUT2D eigenvalue weighted by Crippen LogP contribution is -2.40. The second-order valence-corrected chi connectivity index (χ2v) is 7.67. The molecule has 3 aliphatic rings. The predicted octanol–water partition coefficient (Wildman–Crippen LogP) is 2.85. The predicted molar refractivity (Wildman–Crippen MR) is 96.7 cm³/mol. The second-order valence-electron chi connectivity index (χ2n) is 7.67. The van der Waals surface area contributed by atoms with Crippen LogP contribution in [-0.4, -0.2) is 29.8 Å². The molecule has 2 atom stereocenters. The van der Waals surface area contributed by atoms with E-state index in [2.05, 4.69) is 17.9 Å². The van der Waals surface area contributed by atoms with Gasteiger partial charge in [-0.15, -0.1) is 0 Å². The van der Waals surface area contributed by atoms with Gasteiger partial charge in [-0.2, -0.15) is 0 Å². The molecule has 0 aromatic heterocycles. The Labute approximate surface area is 147 Å². The molecule has 2 unspecified atom stereocenters. The molecule has 0 spiro atoms. The number of nitrogens with zero attached hydrogens (tertiary/aromatic N) is 1. The van der Waals surface area contributed by atoms with Crippen LogP contribution in [0.4, 0.5) is 5.69 Å². The van der Waals surface area contributed by atoms with E-state index in [1.165, 1.54) is 0 Å². The third-order valence-electron chi connectivity index (χ3n) is 5.35. The molecule has 0 bridgehead atoms. The molecule has 1 heterocycles. The summed E-state index contributed by atoms with van der Waals surface area (Å²) >= 11 is 0. The lowest BCUT2D eigenvalue weighted by Gasteiger charge is -2.27. The number of aliphatic carboxylic acids is 1. The number of carboxylic acids is 1. The normalized spacial score (nSPS) is 27.8. The number of carbonyl (C=O) groups is 1. The van der Waals surface area contributed by atoms with Crippen LogP contribution in [0.25, 0.3) is 0 Å². The molecule has 1 aromatic rings. The van der Waals surface area contributed by atoms with Crippen LogP contribution in [0.1, 0.15) is 31.7 Å². The average molecular weight is 340 g/mol. The smallest absolute Gasteiger partial charge is 0.326 e. The number of benzene rings is 1. The van der Waals surface area contributed by atoms with E-state index in [-0.39, 0.29) is 5.41 Å². The SMILES string of the molecule is CC1(COc2ccc3c(c2)CC(C(=O)O)N3C2CC2)C=CC(N)=CC1. The molecule has 0 radical (unpaired) electrons. The Kier molecular flexibility index (Phi) is 3.74. The first-order chi connectivity index (χ1) is 12.0. The minimum Gasteiger partial charge on any atom is -0.493 e. The Balaban J connectivity index is 1.48. The van der Waals surface area contributed by atoms with Crippen LogP contribution >= 0.6 is 0 Å². The van der Waals surface area contributed by atoms with Crippen LogP contribution in [0.5, 0.6) is 5.75 Å². The maximum atomic E-state index is 11.6. The molecule has 5 nitrogen and oxygen atoms in total. The summed E-state index contributed by atoms with van der Waals surface area (Å²) in [6.45, 7) is 2.72. The molecular formula is C20H24N2O3. The Morgan fingerprint density at radius 1 is 1.44 bits per heavy atom. The maximum absolute atomic E-state index is 11.6. The van der Waals surface area contributed by atoms with E-state index >= 15 is 0 Å². The van der Waals surface area contributed by atoms with Gasteiger partial charge in [0.25, 0.3) is 0 Å². The number of carboxylic acid groups (broad SMARTS) is 1. The van der Waals surface area contributed by atoms with E-state index < -0.39 is 12.0 Å². The van der Waals surface area contributed by atoms with Crippen LogP contribution in [0.3, 0.4) is 0 Å². The van der Waals surface area contributed by atoms with Crippen molar-refractivity contribution in [1.82, 2.24) is 0 Å². The van der Waals surface area contributed by atoms with Gasteiger partial charge in [0, 0.05) is 29.3 Å². The number of hydrogen-bond acceptors (Lipinski definition) is 4. The lowest BCUT2D eigenvalue weighted by molar-refractivity contribution is -0.138.